The van der Waals surface area contributed by atoms with Gasteiger partial charge in [0.05, 0.1) is 18.5 Å². The molecule has 0 aromatic heterocycles. The van der Waals surface area contributed by atoms with Crippen molar-refractivity contribution in [3.05, 3.63) is 53.6 Å². The molecule has 0 saturated carbocycles. The van der Waals surface area contributed by atoms with Gasteiger partial charge in [-0.1, -0.05) is 17.7 Å². The SMILES string of the molecule is Cc1ccc(S(=O)(=O)NC[C@H](c2ccc3c(c2)OCO3)[NH+]2CC[NH+](C)CC2)cc1. The van der Waals surface area contributed by atoms with E-state index in [1.807, 2.05) is 37.3 Å². The second-order valence-corrected chi connectivity index (χ2v) is 9.71. The van der Waals surface area contributed by atoms with Gasteiger partial charge in [0, 0.05) is 5.56 Å². The molecule has 1 fully saturated rings. The third-order valence-electron chi connectivity index (χ3n) is 5.85. The Balaban J connectivity index is 1.56. The first-order valence-corrected chi connectivity index (χ1v) is 11.5. The third kappa shape index (κ3) is 4.56. The topological polar surface area (TPSA) is 73.5 Å². The van der Waals surface area contributed by atoms with Crippen LogP contribution in [-0.4, -0.2) is 55.0 Å². The molecule has 156 valence electrons. The van der Waals surface area contributed by atoms with Crippen LogP contribution in [0, 0.1) is 6.92 Å². The summed E-state index contributed by atoms with van der Waals surface area (Å²) >= 11 is 0. The lowest BCUT2D eigenvalue weighted by molar-refractivity contribution is -1.02. The van der Waals surface area contributed by atoms with Crippen LogP contribution in [-0.2, 0) is 10.0 Å². The minimum atomic E-state index is -3.57. The number of sulfonamides is 1. The third-order valence-corrected chi connectivity index (χ3v) is 7.29. The first-order valence-electron chi connectivity index (χ1n) is 10.0. The maximum Gasteiger partial charge on any atom is 0.240 e. The second kappa shape index (κ2) is 8.31. The minimum Gasteiger partial charge on any atom is -0.454 e. The van der Waals surface area contributed by atoms with Crippen molar-refractivity contribution >= 4 is 10.0 Å². The van der Waals surface area contributed by atoms with E-state index in [0.29, 0.717) is 11.4 Å². The van der Waals surface area contributed by atoms with Crippen LogP contribution in [0.5, 0.6) is 11.5 Å². The fraction of sp³-hybridized carbons (Fsp3) is 0.429. The van der Waals surface area contributed by atoms with E-state index in [9.17, 15) is 8.42 Å². The van der Waals surface area contributed by atoms with E-state index in [0.717, 1.165) is 48.8 Å². The average molecular weight is 420 g/mol. The summed E-state index contributed by atoms with van der Waals surface area (Å²) in [5.41, 5.74) is 2.10. The van der Waals surface area contributed by atoms with Gasteiger partial charge in [-0.15, -0.1) is 0 Å². The predicted octanol–water partition coefficient (Wildman–Crippen LogP) is -0.843. The van der Waals surface area contributed by atoms with Gasteiger partial charge in [-0.25, -0.2) is 13.1 Å². The Morgan fingerprint density at radius 2 is 1.69 bits per heavy atom. The standard InChI is InChI=1S/C21H27N3O4S/c1-16-3-6-18(7-4-16)29(25,26)22-14-19(24-11-9-23(2)10-12-24)17-5-8-20-21(13-17)28-15-27-20/h3-8,13,19,22H,9-12,14-15H2,1-2H3/p+2/t19-/m1/s1. The summed E-state index contributed by atoms with van der Waals surface area (Å²) < 4.78 is 39.5. The van der Waals surface area contributed by atoms with Gasteiger partial charge in [-0.2, -0.15) is 0 Å². The molecular formula is C21H29N3O4S+2. The largest absolute Gasteiger partial charge is 0.454 e. The van der Waals surface area contributed by atoms with E-state index in [1.165, 1.54) is 9.80 Å². The molecule has 0 amide bonds. The quantitative estimate of drug-likeness (QED) is 0.571. The minimum absolute atomic E-state index is 0.0119. The number of rotatable bonds is 6. The molecule has 0 unspecified atom stereocenters. The summed E-state index contributed by atoms with van der Waals surface area (Å²) in [5, 5.41) is 0. The lowest BCUT2D eigenvalue weighted by Crippen LogP contribution is -3.27. The summed E-state index contributed by atoms with van der Waals surface area (Å²) in [7, 11) is -1.36. The van der Waals surface area contributed by atoms with Gasteiger partial charge >= 0.3 is 0 Å². The zero-order chi connectivity index (χ0) is 20.4. The lowest BCUT2D eigenvalue weighted by atomic mass is 10.0. The molecule has 0 bridgehead atoms. The maximum atomic E-state index is 12.8. The smallest absolute Gasteiger partial charge is 0.240 e. The summed E-state index contributed by atoms with van der Waals surface area (Å²) in [5.74, 6) is 1.47. The van der Waals surface area contributed by atoms with Crippen LogP contribution in [0.15, 0.2) is 47.4 Å². The van der Waals surface area contributed by atoms with Gasteiger partial charge in [0.15, 0.2) is 11.5 Å². The highest BCUT2D eigenvalue weighted by atomic mass is 32.2. The number of benzene rings is 2. The second-order valence-electron chi connectivity index (χ2n) is 7.95. The number of aryl methyl sites for hydroxylation is 1. The number of quaternary nitrogens is 2. The summed E-state index contributed by atoms with van der Waals surface area (Å²) in [6, 6.07) is 12.9. The van der Waals surface area contributed by atoms with Crippen LogP contribution < -0.4 is 24.0 Å². The van der Waals surface area contributed by atoms with Crippen LogP contribution >= 0.6 is 0 Å². The Kier molecular flexibility index (Phi) is 5.78. The van der Waals surface area contributed by atoms with E-state index >= 15 is 0 Å². The molecule has 7 nitrogen and oxygen atoms in total. The predicted molar refractivity (Wildman–Crippen MR) is 109 cm³/mol. The molecular weight excluding hydrogens is 390 g/mol. The van der Waals surface area contributed by atoms with Crippen LogP contribution in [0.25, 0.3) is 0 Å². The van der Waals surface area contributed by atoms with Crippen molar-refractivity contribution in [1.82, 2.24) is 4.72 Å². The Labute approximate surface area is 172 Å². The molecule has 0 spiro atoms. The molecule has 1 saturated heterocycles. The number of nitrogens with one attached hydrogen (secondary N) is 3. The number of fused-ring (bicyclic) bond motifs is 1. The molecule has 0 aliphatic carbocycles. The van der Waals surface area contributed by atoms with E-state index < -0.39 is 10.0 Å². The fourth-order valence-electron chi connectivity index (χ4n) is 3.97. The molecule has 4 rings (SSSR count). The fourth-order valence-corrected chi connectivity index (χ4v) is 5.02. The molecule has 2 heterocycles. The molecule has 1 atom stereocenters. The summed E-state index contributed by atoms with van der Waals surface area (Å²) in [6.07, 6.45) is 0. The van der Waals surface area contributed by atoms with Crippen molar-refractivity contribution in [2.45, 2.75) is 17.9 Å². The van der Waals surface area contributed by atoms with Gasteiger partial charge in [0.2, 0.25) is 16.8 Å². The molecule has 2 aromatic carbocycles. The number of likely N-dealkylation sites (N-methyl/N-ethyl adjacent to an activating group) is 1. The number of hydrogen-bond acceptors (Lipinski definition) is 4. The van der Waals surface area contributed by atoms with E-state index in [1.54, 1.807) is 12.1 Å². The normalized spacial score (nSPS) is 22.4. The molecule has 29 heavy (non-hydrogen) atoms. The average Bonchev–Trinajstić information content (AvgIpc) is 3.18. The highest BCUT2D eigenvalue weighted by molar-refractivity contribution is 7.89. The highest BCUT2D eigenvalue weighted by Gasteiger charge is 2.31. The van der Waals surface area contributed by atoms with Gasteiger partial charge < -0.3 is 19.3 Å². The van der Waals surface area contributed by atoms with Gasteiger partial charge in [-0.05, 0) is 37.3 Å². The molecule has 2 aliphatic heterocycles. The monoisotopic (exact) mass is 419 g/mol. The molecule has 8 heteroatoms. The Hall–Kier alpha value is -2.13. The Morgan fingerprint density at radius 1 is 1.00 bits per heavy atom. The van der Waals surface area contributed by atoms with Gasteiger partial charge in [-0.3, -0.25) is 0 Å². The maximum absolute atomic E-state index is 12.8. The van der Waals surface area contributed by atoms with Crippen LogP contribution in [0.2, 0.25) is 0 Å². The van der Waals surface area contributed by atoms with Gasteiger partial charge in [0.25, 0.3) is 0 Å². The van der Waals surface area contributed by atoms with Gasteiger partial charge in [0.1, 0.15) is 32.2 Å². The van der Waals surface area contributed by atoms with Crippen LogP contribution in [0.4, 0.5) is 0 Å². The number of piperazine rings is 1. The van der Waals surface area contributed by atoms with Crippen molar-refractivity contribution in [3.8, 4) is 11.5 Å². The number of ether oxygens (including phenoxy) is 2. The Bertz CT molecular complexity index is 954. The number of hydrogen-bond donors (Lipinski definition) is 3. The van der Waals surface area contributed by atoms with Crippen molar-refractivity contribution in [3.63, 3.8) is 0 Å². The Morgan fingerprint density at radius 3 is 2.41 bits per heavy atom. The molecule has 2 aliphatic rings. The molecule has 0 radical (unpaired) electrons. The van der Waals surface area contributed by atoms with Crippen molar-refractivity contribution in [2.24, 2.45) is 0 Å². The molecule has 3 N–H and O–H groups in total. The van der Waals surface area contributed by atoms with E-state index in [-0.39, 0.29) is 12.8 Å². The van der Waals surface area contributed by atoms with Crippen molar-refractivity contribution in [2.75, 3.05) is 46.6 Å². The van der Waals surface area contributed by atoms with Crippen molar-refractivity contribution in [1.29, 1.82) is 0 Å². The highest BCUT2D eigenvalue weighted by Crippen LogP contribution is 2.33. The van der Waals surface area contributed by atoms with Crippen LogP contribution in [0.3, 0.4) is 0 Å². The first kappa shape index (κ1) is 20.2. The summed E-state index contributed by atoms with van der Waals surface area (Å²) in [4.78, 5) is 3.20. The summed E-state index contributed by atoms with van der Waals surface area (Å²) in [6.45, 7) is 6.65. The van der Waals surface area contributed by atoms with Crippen molar-refractivity contribution < 1.29 is 27.7 Å². The van der Waals surface area contributed by atoms with E-state index in [4.69, 9.17) is 9.47 Å². The zero-order valence-electron chi connectivity index (χ0n) is 16.9. The molecule has 2 aromatic rings. The first-order chi connectivity index (χ1) is 13.9. The lowest BCUT2D eigenvalue weighted by Gasteiger charge is -2.33. The van der Waals surface area contributed by atoms with Crippen LogP contribution in [0.1, 0.15) is 17.2 Å². The zero-order valence-corrected chi connectivity index (χ0v) is 17.7. The van der Waals surface area contributed by atoms with E-state index in [2.05, 4.69) is 11.8 Å².